The van der Waals surface area contributed by atoms with Crippen LogP contribution in [0.5, 0.6) is 0 Å². The minimum Gasteiger partial charge on any atom is -0.386 e. The molecule has 1 heterocycles. The van der Waals surface area contributed by atoms with Gasteiger partial charge in [-0.05, 0) is 37.5 Å². The fourth-order valence-corrected chi connectivity index (χ4v) is 2.53. The highest BCUT2D eigenvalue weighted by molar-refractivity contribution is 5.33. The Kier molecular flexibility index (Phi) is 4.05. The summed E-state index contributed by atoms with van der Waals surface area (Å²) in [6, 6.07) is 6.33. The van der Waals surface area contributed by atoms with E-state index < -0.39 is 5.60 Å². The smallest absolute Gasteiger partial charge is 0.105 e. The van der Waals surface area contributed by atoms with Crippen LogP contribution in [0.1, 0.15) is 30.0 Å². The Morgan fingerprint density at radius 2 is 2.06 bits per heavy atom. The van der Waals surface area contributed by atoms with Crippen LogP contribution in [0.15, 0.2) is 18.2 Å². The van der Waals surface area contributed by atoms with Gasteiger partial charge in [-0.1, -0.05) is 18.2 Å². The van der Waals surface area contributed by atoms with E-state index in [1.165, 1.54) is 16.7 Å². The second-order valence-electron chi connectivity index (χ2n) is 5.34. The lowest BCUT2D eigenvalue weighted by Gasteiger charge is -2.26. The first-order chi connectivity index (χ1) is 8.53. The highest BCUT2D eigenvalue weighted by atomic mass is 16.5. The number of aryl methyl sites for hydroxylation is 2. The van der Waals surface area contributed by atoms with Crippen LogP contribution in [0.25, 0.3) is 0 Å². The van der Waals surface area contributed by atoms with Crippen molar-refractivity contribution in [2.24, 2.45) is 0 Å². The molecule has 2 unspecified atom stereocenters. The number of aliphatic hydroxyl groups is 1. The fraction of sp³-hybridized carbons (Fsp3) is 0.600. The average Bonchev–Trinajstić information content (AvgIpc) is 2.64. The molecule has 0 saturated carbocycles. The Balaban J connectivity index is 1.93. The van der Waals surface area contributed by atoms with E-state index in [4.69, 9.17) is 4.74 Å². The van der Waals surface area contributed by atoms with Gasteiger partial charge in [0.25, 0.3) is 0 Å². The van der Waals surface area contributed by atoms with Gasteiger partial charge in [-0.15, -0.1) is 0 Å². The van der Waals surface area contributed by atoms with E-state index in [1.54, 1.807) is 0 Å². The summed E-state index contributed by atoms with van der Waals surface area (Å²) in [7, 11) is 0. The van der Waals surface area contributed by atoms with Crippen molar-refractivity contribution in [2.45, 2.75) is 45.4 Å². The summed E-state index contributed by atoms with van der Waals surface area (Å²) in [6.45, 7) is 8.23. The zero-order valence-electron chi connectivity index (χ0n) is 11.5. The van der Waals surface area contributed by atoms with Gasteiger partial charge in [0.15, 0.2) is 0 Å². The lowest BCUT2D eigenvalue weighted by atomic mass is 9.96. The topological polar surface area (TPSA) is 41.5 Å². The molecule has 100 valence electrons. The van der Waals surface area contributed by atoms with Crippen molar-refractivity contribution in [2.75, 3.05) is 13.2 Å². The minimum absolute atomic E-state index is 0.0806. The summed E-state index contributed by atoms with van der Waals surface area (Å²) in [5.41, 5.74) is 3.21. The molecule has 18 heavy (non-hydrogen) atoms. The largest absolute Gasteiger partial charge is 0.386 e. The van der Waals surface area contributed by atoms with E-state index in [0.717, 1.165) is 6.54 Å². The SMILES string of the molecule is Cc1cccc(C)c1CNCC1(O)CCOC1C. The third-order valence-corrected chi connectivity index (χ3v) is 4.04. The van der Waals surface area contributed by atoms with Crippen LogP contribution in [0.4, 0.5) is 0 Å². The van der Waals surface area contributed by atoms with E-state index in [2.05, 4.69) is 37.4 Å². The van der Waals surface area contributed by atoms with Crippen molar-refractivity contribution >= 4 is 0 Å². The first-order valence-electron chi connectivity index (χ1n) is 6.63. The zero-order valence-corrected chi connectivity index (χ0v) is 11.5. The Bertz CT molecular complexity index is 399. The van der Waals surface area contributed by atoms with Crippen LogP contribution in [0.3, 0.4) is 0 Å². The van der Waals surface area contributed by atoms with E-state index >= 15 is 0 Å². The molecule has 0 spiro atoms. The van der Waals surface area contributed by atoms with Crippen LogP contribution in [0, 0.1) is 13.8 Å². The summed E-state index contributed by atoms with van der Waals surface area (Å²) in [4.78, 5) is 0. The molecule has 3 heteroatoms. The van der Waals surface area contributed by atoms with E-state index in [1.807, 2.05) is 6.92 Å². The fourth-order valence-electron chi connectivity index (χ4n) is 2.53. The molecule has 2 rings (SSSR count). The highest BCUT2D eigenvalue weighted by Crippen LogP contribution is 2.25. The summed E-state index contributed by atoms with van der Waals surface area (Å²) < 4.78 is 5.43. The predicted molar refractivity (Wildman–Crippen MR) is 72.6 cm³/mol. The summed E-state index contributed by atoms with van der Waals surface area (Å²) >= 11 is 0. The van der Waals surface area contributed by atoms with Crippen molar-refractivity contribution in [1.82, 2.24) is 5.32 Å². The lowest BCUT2D eigenvalue weighted by Crippen LogP contribution is -2.45. The number of rotatable bonds is 4. The molecule has 1 aliphatic rings. The number of ether oxygens (including phenoxy) is 1. The third kappa shape index (κ3) is 2.74. The molecule has 0 amide bonds. The highest BCUT2D eigenvalue weighted by Gasteiger charge is 2.38. The summed E-state index contributed by atoms with van der Waals surface area (Å²) in [6.07, 6.45) is 0.636. The minimum atomic E-state index is -0.712. The van der Waals surface area contributed by atoms with Crippen LogP contribution in [-0.4, -0.2) is 30.0 Å². The Labute approximate surface area is 109 Å². The Morgan fingerprint density at radius 3 is 2.61 bits per heavy atom. The first kappa shape index (κ1) is 13.5. The molecule has 0 bridgehead atoms. The van der Waals surface area contributed by atoms with Crippen LogP contribution >= 0.6 is 0 Å². The van der Waals surface area contributed by atoms with Gasteiger partial charge in [0.1, 0.15) is 5.60 Å². The lowest BCUT2D eigenvalue weighted by molar-refractivity contribution is -0.0263. The number of hydrogen-bond acceptors (Lipinski definition) is 3. The molecule has 2 N–H and O–H groups in total. The number of benzene rings is 1. The van der Waals surface area contributed by atoms with Gasteiger partial charge < -0.3 is 15.2 Å². The Morgan fingerprint density at radius 1 is 1.39 bits per heavy atom. The maximum absolute atomic E-state index is 10.4. The van der Waals surface area contributed by atoms with E-state index in [-0.39, 0.29) is 6.10 Å². The van der Waals surface area contributed by atoms with Crippen molar-refractivity contribution in [3.05, 3.63) is 34.9 Å². The summed E-state index contributed by atoms with van der Waals surface area (Å²) in [5, 5.41) is 13.8. The molecule has 2 atom stereocenters. The molecule has 1 fully saturated rings. The van der Waals surface area contributed by atoms with Crippen molar-refractivity contribution in [3.63, 3.8) is 0 Å². The van der Waals surface area contributed by atoms with Gasteiger partial charge >= 0.3 is 0 Å². The van der Waals surface area contributed by atoms with Crippen LogP contribution in [0.2, 0.25) is 0 Å². The predicted octanol–water partition coefficient (Wildman–Crippen LogP) is 1.93. The van der Waals surface area contributed by atoms with Gasteiger partial charge in [-0.25, -0.2) is 0 Å². The quantitative estimate of drug-likeness (QED) is 0.857. The normalized spacial score (nSPS) is 27.7. The molecule has 1 saturated heterocycles. The van der Waals surface area contributed by atoms with Gasteiger partial charge in [-0.3, -0.25) is 0 Å². The van der Waals surface area contributed by atoms with E-state index in [9.17, 15) is 5.11 Å². The number of hydrogen-bond donors (Lipinski definition) is 2. The molecule has 3 nitrogen and oxygen atoms in total. The second-order valence-corrected chi connectivity index (χ2v) is 5.34. The molecular formula is C15H23NO2. The van der Waals surface area contributed by atoms with Gasteiger partial charge in [0.05, 0.1) is 6.10 Å². The molecular weight excluding hydrogens is 226 g/mol. The molecule has 0 aliphatic carbocycles. The van der Waals surface area contributed by atoms with Crippen LogP contribution < -0.4 is 5.32 Å². The Hall–Kier alpha value is -0.900. The van der Waals surface area contributed by atoms with E-state index in [0.29, 0.717) is 19.6 Å². The molecule has 0 aromatic heterocycles. The molecule has 1 aliphatic heterocycles. The molecule has 0 radical (unpaired) electrons. The monoisotopic (exact) mass is 249 g/mol. The average molecular weight is 249 g/mol. The number of nitrogens with one attached hydrogen (secondary N) is 1. The van der Waals surface area contributed by atoms with Gasteiger partial charge in [-0.2, -0.15) is 0 Å². The van der Waals surface area contributed by atoms with Crippen molar-refractivity contribution in [3.8, 4) is 0 Å². The first-order valence-corrected chi connectivity index (χ1v) is 6.63. The maximum atomic E-state index is 10.4. The van der Waals surface area contributed by atoms with Gasteiger partial charge in [0.2, 0.25) is 0 Å². The maximum Gasteiger partial charge on any atom is 0.105 e. The zero-order chi connectivity index (χ0) is 13.2. The third-order valence-electron chi connectivity index (χ3n) is 4.04. The second kappa shape index (κ2) is 5.39. The van der Waals surface area contributed by atoms with Crippen molar-refractivity contribution < 1.29 is 9.84 Å². The van der Waals surface area contributed by atoms with Crippen molar-refractivity contribution in [1.29, 1.82) is 0 Å². The summed E-state index contributed by atoms with van der Waals surface area (Å²) in [5.74, 6) is 0. The van der Waals surface area contributed by atoms with Gasteiger partial charge in [0, 0.05) is 26.1 Å². The molecule has 1 aromatic carbocycles. The molecule has 1 aromatic rings. The van der Waals surface area contributed by atoms with Crippen LogP contribution in [-0.2, 0) is 11.3 Å². The standard InChI is InChI=1S/C15H23NO2/c1-11-5-4-6-12(2)14(11)9-16-10-15(17)7-8-18-13(15)3/h4-6,13,16-17H,7-10H2,1-3H3.